The van der Waals surface area contributed by atoms with Crippen LogP contribution in [0.25, 0.3) is 0 Å². The van der Waals surface area contributed by atoms with Crippen molar-refractivity contribution in [1.82, 2.24) is 15.5 Å². The summed E-state index contributed by atoms with van der Waals surface area (Å²) in [5.74, 6) is 0.595. The molecule has 10 nitrogen and oxygen atoms in total. The standard InChI is InChI=1S/C28H41N3O7/c1-8-19(4)23(30-27(36)38-28(5,6)7)26(35)31(17-18-32)24(21-13-11-20(9-2)12-14-21)25(34)29-16-15-22(33)37-10-3/h2,11-14,19,23-24,32H,8,10,15-18H2,1,3-7H3,(H,29,34)(H,30,36). The molecular formula is C28H41N3O7. The summed E-state index contributed by atoms with van der Waals surface area (Å²) in [6.07, 6.45) is 5.19. The summed E-state index contributed by atoms with van der Waals surface area (Å²) in [6, 6.07) is 4.34. The fourth-order valence-corrected chi connectivity index (χ4v) is 3.62. The zero-order chi connectivity index (χ0) is 28.9. The van der Waals surface area contributed by atoms with Gasteiger partial charge in [0.1, 0.15) is 17.7 Å². The number of esters is 1. The van der Waals surface area contributed by atoms with E-state index in [1.54, 1.807) is 58.9 Å². The number of benzene rings is 1. The molecule has 0 aliphatic rings. The lowest BCUT2D eigenvalue weighted by Crippen LogP contribution is -2.55. The molecule has 0 aromatic heterocycles. The lowest BCUT2D eigenvalue weighted by Gasteiger charge is -2.35. The van der Waals surface area contributed by atoms with E-state index < -0.39 is 48.2 Å². The molecule has 0 aliphatic carbocycles. The van der Waals surface area contributed by atoms with Crippen LogP contribution in [0.15, 0.2) is 24.3 Å². The average Bonchev–Trinajstić information content (AvgIpc) is 2.85. The van der Waals surface area contributed by atoms with Gasteiger partial charge in [0.15, 0.2) is 0 Å². The van der Waals surface area contributed by atoms with Crippen LogP contribution in [0.1, 0.15) is 71.6 Å². The third-order valence-electron chi connectivity index (χ3n) is 5.66. The third-order valence-corrected chi connectivity index (χ3v) is 5.66. The molecule has 0 radical (unpaired) electrons. The first-order chi connectivity index (χ1) is 17.9. The van der Waals surface area contributed by atoms with Crippen LogP contribution < -0.4 is 10.6 Å². The highest BCUT2D eigenvalue weighted by molar-refractivity contribution is 5.92. The number of aliphatic hydroxyl groups is 1. The molecule has 0 saturated carbocycles. The first-order valence-corrected chi connectivity index (χ1v) is 12.8. The van der Waals surface area contributed by atoms with Gasteiger partial charge in [-0.2, -0.15) is 0 Å². The van der Waals surface area contributed by atoms with Crippen molar-refractivity contribution in [1.29, 1.82) is 0 Å². The van der Waals surface area contributed by atoms with Crippen LogP contribution in [0.2, 0.25) is 0 Å². The van der Waals surface area contributed by atoms with Crippen LogP contribution in [0.4, 0.5) is 4.79 Å². The van der Waals surface area contributed by atoms with Gasteiger partial charge in [-0.3, -0.25) is 14.4 Å². The van der Waals surface area contributed by atoms with Crippen LogP contribution in [0.3, 0.4) is 0 Å². The third kappa shape index (κ3) is 10.4. The van der Waals surface area contributed by atoms with Crippen molar-refractivity contribution in [3.8, 4) is 12.3 Å². The summed E-state index contributed by atoms with van der Waals surface area (Å²) in [6.45, 7) is 10.1. The zero-order valence-corrected chi connectivity index (χ0v) is 23.2. The Morgan fingerprint density at radius 3 is 2.26 bits per heavy atom. The van der Waals surface area contributed by atoms with Gasteiger partial charge >= 0.3 is 12.1 Å². The van der Waals surface area contributed by atoms with Gasteiger partial charge in [-0.1, -0.05) is 38.3 Å². The Hall–Kier alpha value is -3.58. The van der Waals surface area contributed by atoms with Crippen LogP contribution in [-0.2, 0) is 23.9 Å². The molecule has 38 heavy (non-hydrogen) atoms. The number of amides is 3. The van der Waals surface area contributed by atoms with Crippen molar-refractivity contribution in [3.63, 3.8) is 0 Å². The van der Waals surface area contributed by atoms with Gasteiger partial charge in [0, 0.05) is 18.7 Å². The molecule has 10 heteroatoms. The number of ether oxygens (including phenoxy) is 2. The lowest BCUT2D eigenvalue weighted by atomic mass is 9.95. The summed E-state index contributed by atoms with van der Waals surface area (Å²) in [5.41, 5.74) is 0.247. The minimum atomic E-state index is -1.17. The summed E-state index contributed by atoms with van der Waals surface area (Å²) < 4.78 is 10.3. The second-order valence-corrected chi connectivity index (χ2v) is 9.78. The highest BCUT2D eigenvalue weighted by Gasteiger charge is 2.37. The maximum Gasteiger partial charge on any atom is 0.408 e. The molecule has 3 N–H and O–H groups in total. The Balaban J connectivity index is 3.40. The van der Waals surface area contributed by atoms with Gasteiger partial charge in [0.2, 0.25) is 11.8 Å². The van der Waals surface area contributed by atoms with Crippen molar-refractivity contribution in [2.24, 2.45) is 5.92 Å². The first-order valence-electron chi connectivity index (χ1n) is 12.8. The summed E-state index contributed by atoms with van der Waals surface area (Å²) in [5, 5.41) is 15.2. The van der Waals surface area contributed by atoms with E-state index in [-0.39, 0.29) is 32.0 Å². The van der Waals surface area contributed by atoms with Gasteiger partial charge in [0.05, 0.1) is 19.6 Å². The SMILES string of the molecule is C#Cc1ccc(C(C(=O)NCCC(=O)OCC)N(CCO)C(=O)C(NC(=O)OC(C)(C)C)C(C)CC)cc1. The molecule has 0 bridgehead atoms. The Bertz CT molecular complexity index is 980. The molecule has 0 spiro atoms. The van der Waals surface area contributed by atoms with E-state index in [1.807, 2.05) is 6.92 Å². The number of hydrogen-bond donors (Lipinski definition) is 3. The zero-order valence-electron chi connectivity index (χ0n) is 23.2. The largest absolute Gasteiger partial charge is 0.466 e. The van der Waals surface area contributed by atoms with E-state index in [0.29, 0.717) is 17.5 Å². The number of aliphatic hydroxyl groups excluding tert-OH is 1. The molecule has 0 heterocycles. The average molecular weight is 532 g/mol. The van der Waals surface area contributed by atoms with Crippen molar-refractivity contribution in [2.45, 2.75) is 72.1 Å². The quantitative estimate of drug-likeness (QED) is 0.263. The maximum atomic E-state index is 13.9. The number of terminal acetylenes is 1. The molecule has 3 amide bonds. The molecule has 1 rings (SSSR count). The van der Waals surface area contributed by atoms with E-state index in [0.717, 1.165) is 0 Å². The van der Waals surface area contributed by atoms with Crippen LogP contribution in [0.5, 0.6) is 0 Å². The Kier molecular flexibility index (Phi) is 13.3. The number of carbonyl (C=O) groups excluding carboxylic acids is 4. The van der Waals surface area contributed by atoms with Gasteiger partial charge < -0.3 is 30.1 Å². The maximum absolute atomic E-state index is 13.9. The monoisotopic (exact) mass is 531 g/mol. The number of nitrogens with zero attached hydrogens (tertiary/aromatic N) is 1. The number of rotatable bonds is 13. The normalized spacial score (nSPS) is 13.3. The highest BCUT2D eigenvalue weighted by atomic mass is 16.6. The molecule has 1 aromatic rings. The lowest BCUT2D eigenvalue weighted by molar-refractivity contribution is -0.145. The highest BCUT2D eigenvalue weighted by Crippen LogP contribution is 2.25. The molecule has 1 aromatic carbocycles. The van der Waals surface area contributed by atoms with E-state index in [4.69, 9.17) is 15.9 Å². The van der Waals surface area contributed by atoms with E-state index in [1.165, 1.54) is 4.90 Å². The minimum absolute atomic E-state index is 0.0112. The minimum Gasteiger partial charge on any atom is -0.466 e. The summed E-state index contributed by atoms with van der Waals surface area (Å²) >= 11 is 0. The smallest absolute Gasteiger partial charge is 0.408 e. The van der Waals surface area contributed by atoms with E-state index >= 15 is 0 Å². The van der Waals surface area contributed by atoms with Crippen LogP contribution >= 0.6 is 0 Å². The second kappa shape index (κ2) is 15.6. The molecular weight excluding hydrogens is 490 g/mol. The number of nitrogens with one attached hydrogen (secondary N) is 2. The van der Waals surface area contributed by atoms with Gasteiger partial charge in [-0.05, 0) is 51.3 Å². The van der Waals surface area contributed by atoms with Gasteiger partial charge in [-0.15, -0.1) is 6.42 Å². The van der Waals surface area contributed by atoms with Crippen molar-refractivity contribution >= 4 is 23.9 Å². The predicted molar refractivity (Wildman–Crippen MR) is 143 cm³/mol. The van der Waals surface area contributed by atoms with Gasteiger partial charge in [-0.25, -0.2) is 4.79 Å². The Labute approximate surface area is 225 Å². The fourth-order valence-electron chi connectivity index (χ4n) is 3.62. The van der Waals surface area contributed by atoms with E-state index in [2.05, 4.69) is 16.6 Å². The molecule has 0 aliphatic heterocycles. The number of carbonyl (C=O) groups is 4. The molecule has 0 saturated heterocycles. The topological polar surface area (TPSA) is 134 Å². The van der Waals surface area contributed by atoms with Crippen molar-refractivity contribution in [3.05, 3.63) is 35.4 Å². The number of hydrogen-bond acceptors (Lipinski definition) is 7. The first kappa shape index (κ1) is 32.4. The van der Waals surface area contributed by atoms with Gasteiger partial charge in [0.25, 0.3) is 0 Å². The number of alkyl carbamates (subject to hydrolysis) is 1. The second-order valence-electron chi connectivity index (χ2n) is 9.78. The summed E-state index contributed by atoms with van der Waals surface area (Å²) in [7, 11) is 0. The van der Waals surface area contributed by atoms with Crippen LogP contribution in [0, 0.1) is 18.3 Å². The molecule has 0 fully saturated rings. The molecule has 3 unspecified atom stereocenters. The predicted octanol–water partition coefficient (Wildman–Crippen LogP) is 2.54. The van der Waals surface area contributed by atoms with Crippen molar-refractivity contribution in [2.75, 3.05) is 26.3 Å². The van der Waals surface area contributed by atoms with Crippen molar-refractivity contribution < 1.29 is 33.8 Å². The Morgan fingerprint density at radius 1 is 1.13 bits per heavy atom. The summed E-state index contributed by atoms with van der Waals surface area (Å²) in [4.78, 5) is 52.9. The van der Waals surface area contributed by atoms with E-state index in [9.17, 15) is 24.3 Å². The fraction of sp³-hybridized carbons (Fsp3) is 0.571. The Morgan fingerprint density at radius 2 is 1.76 bits per heavy atom. The molecule has 210 valence electrons. The molecule has 3 atom stereocenters. The van der Waals surface area contributed by atoms with Crippen LogP contribution in [-0.4, -0.2) is 71.8 Å².